The number of anilines is 2. The molecule has 2 saturated carbocycles. The largest absolute Gasteiger partial charge is 0.454 e. The van der Waals surface area contributed by atoms with E-state index < -0.39 is 17.4 Å². The smallest absolute Gasteiger partial charge is 0.224 e. The Kier molecular flexibility index (Phi) is 5.30. The first-order valence-electron chi connectivity index (χ1n) is 11.7. The molecule has 4 atom stereocenters. The number of hydrogen-bond acceptors (Lipinski definition) is 9. The van der Waals surface area contributed by atoms with Crippen molar-refractivity contribution in [1.82, 2.24) is 15.0 Å². The van der Waals surface area contributed by atoms with E-state index in [0.717, 1.165) is 36.9 Å². The molecule has 0 aliphatic heterocycles. The minimum atomic E-state index is -1.70. The average molecular weight is 454 g/mol. The highest BCUT2D eigenvalue weighted by molar-refractivity contribution is 5.86. The molecule has 176 valence electrons. The number of nitrogens with zero attached hydrogens (tertiary/aromatic N) is 3. The van der Waals surface area contributed by atoms with Gasteiger partial charge in [-0.25, -0.2) is 4.98 Å². The molecular weight excluding hydrogens is 422 g/mol. The molecule has 2 fully saturated rings. The van der Waals surface area contributed by atoms with E-state index in [1.54, 1.807) is 6.20 Å². The lowest BCUT2D eigenvalue weighted by Crippen LogP contribution is -2.51. The van der Waals surface area contributed by atoms with Crippen LogP contribution < -0.4 is 10.6 Å². The maximum Gasteiger partial charge on any atom is 0.224 e. The molecule has 5 N–H and O–H groups in total. The van der Waals surface area contributed by atoms with Gasteiger partial charge in [-0.05, 0) is 45.2 Å². The Morgan fingerprint density at radius 3 is 2.73 bits per heavy atom. The fourth-order valence-electron chi connectivity index (χ4n) is 5.07. The third-order valence-corrected chi connectivity index (χ3v) is 7.03. The number of rotatable bonds is 8. The normalized spacial score (nSPS) is 28.2. The van der Waals surface area contributed by atoms with Crippen molar-refractivity contribution >= 4 is 22.7 Å². The van der Waals surface area contributed by atoms with Gasteiger partial charge in [-0.2, -0.15) is 4.98 Å². The average Bonchev–Trinajstić information content (AvgIpc) is 3.03. The van der Waals surface area contributed by atoms with Crippen LogP contribution >= 0.6 is 0 Å². The van der Waals surface area contributed by atoms with E-state index in [4.69, 9.17) is 4.42 Å². The number of unbranched alkanes of at least 4 members (excludes halogenated alkanes) is 2. The number of hydrogen-bond donors (Lipinski definition) is 5. The van der Waals surface area contributed by atoms with Crippen molar-refractivity contribution in [3.63, 3.8) is 0 Å². The van der Waals surface area contributed by atoms with Gasteiger partial charge in [0.2, 0.25) is 5.95 Å². The molecule has 2 aliphatic carbocycles. The monoisotopic (exact) mass is 453 g/mol. The van der Waals surface area contributed by atoms with Gasteiger partial charge in [-0.3, -0.25) is 4.98 Å². The van der Waals surface area contributed by atoms with Crippen molar-refractivity contribution in [2.45, 2.75) is 70.3 Å². The maximum absolute atomic E-state index is 11.3. The number of fused-ring (bicyclic) bond motifs is 2. The minimum absolute atomic E-state index is 0.302. The predicted octanol–water partition coefficient (Wildman–Crippen LogP) is 3.12. The first kappa shape index (κ1) is 22.1. The molecule has 9 nitrogen and oxygen atoms in total. The number of aliphatic hydroxyl groups excluding tert-OH is 1. The third-order valence-electron chi connectivity index (χ3n) is 7.03. The lowest BCUT2D eigenvalue weighted by atomic mass is 10.0. The van der Waals surface area contributed by atoms with E-state index in [1.807, 2.05) is 26.0 Å². The summed E-state index contributed by atoms with van der Waals surface area (Å²) in [5.41, 5.74) is -0.514. The van der Waals surface area contributed by atoms with Crippen LogP contribution in [0.1, 0.15) is 50.4 Å². The Morgan fingerprint density at radius 1 is 1.18 bits per heavy atom. The number of aryl methyl sites for hydroxylation is 2. The Bertz CT molecular complexity index is 1200. The SMILES string of the molecule is CCCCCNc1nc(C)c(-c2cc3cc(C)ncc3o2)c(NC2(O)CCC3C(O)C32O)n1. The molecule has 0 aromatic carbocycles. The number of nitrogens with one attached hydrogen (secondary N) is 2. The zero-order chi connectivity index (χ0) is 23.4. The lowest BCUT2D eigenvalue weighted by molar-refractivity contribution is -0.0851. The molecule has 3 heterocycles. The second-order valence-electron chi connectivity index (χ2n) is 9.36. The second-order valence-corrected chi connectivity index (χ2v) is 9.36. The van der Waals surface area contributed by atoms with Crippen LogP contribution in [0.25, 0.3) is 22.3 Å². The fourth-order valence-corrected chi connectivity index (χ4v) is 5.07. The summed E-state index contributed by atoms with van der Waals surface area (Å²) in [6, 6.07) is 3.84. The van der Waals surface area contributed by atoms with Gasteiger partial charge in [0.15, 0.2) is 11.3 Å². The highest BCUT2D eigenvalue weighted by atomic mass is 16.4. The number of pyridine rings is 1. The fraction of sp³-hybridized carbons (Fsp3) is 0.542. The zero-order valence-electron chi connectivity index (χ0n) is 19.2. The summed E-state index contributed by atoms with van der Waals surface area (Å²) in [5, 5.41) is 39.6. The van der Waals surface area contributed by atoms with Gasteiger partial charge < -0.3 is 30.4 Å². The Hall–Kier alpha value is -2.75. The van der Waals surface area contributed by atoms with E-state index >= 15 is 0 Å². The molecule has 9 heteroatoms. The topological polar surface area (TPSA) is 137 Å². The Labute approximate surface area is 192 Å². The predicted molar refractivity (Wildman–Crippen MR) is 125 cm³/mol. The van der Waals surface area contributed by atoms with Crippen LogP contribution in [-0.2, 0) is 0 Å². The van der Waals surface area contributed by atoms with E-state index in [0.29, 0.717) is 47.2 Å². The molecule has 0 saturated heterocycles. The van der Waals surface area contributed by atoms with Crippen LogP contribution in [0.15, 0.2) is 22.7 Å². The maximum atomic E-state index is 11.3. The van der Waals surface area contributed by atoms with Crippen LogP contribution in [0.3, 0.4) is 0 Å². The van der Waals surface area contributed by atoms with E-state index in [9.17, 15) is 15.3 Å². The number of aromatic nitrogens is 3. The quantitative estimate of drug-likeness (QED) is 0.257. The first-order valence-corrected chi connectivity index (χ1v) is 11.7. The zero-order valence-corrected chi connectivity index (χ0v) is 19.2. The molecule has 2 aliphatic rings. The molecule has 3 aromatic heterocycles. The van der Waals surface area contributed by atoms with Gasteiger partial charge in [0.05, 0.1) is 23.6 Å². The lowest BCUT2D eigenvalue weighted by Gasteiger charge is -2.32. The minimum Gasteiger partial charge on any atom is -0.454 e. The Balaban J connectivity index is 1.55. The standard InChI is InChI=1S/C24H31N5O4/c1-4-5-6-9-25-22-27-14(3)19(17-11-15-10-13(2)26-12-18(15)33-17)21(28-22)29-23(31)8-7-16-20(30)24(16,23)32/h10-12,16,20,30-32H,4-9H2,1-3H3,(H2,25,27,28,29). The molecule has 0 spiro atoms. The Morgan fingerprint density at radius 2 is 2.00 bits per heavy atom. The summed E-state index contributed by atoms with van der Waals surface area (Å²) in [7, 11) is 0. The van der Waals surface area contributed by atoms with Crippen LogP contribution in [0.5, 0.6) is 0 Å². The van der Waals surface area contributed by atoms with Crippen LogP contribution in [0.2, 0.25) is 0 Å². The van der Waals surface area contributed by atoms with Crippen LogP contribution in [-0.4, -0.2) is 54.2 Å². The van der Waals surface area contributed by atoms with Crippen LogP contribution in [0, 0.1) is 19.8 Å². The van der Waals surface area contributed by atoms with E-state index in [1.165, 1.54) is 0 Å². The molecule has 33 heavy (non-hydrogen) atoms. The highest BCUT2D eigenvalue weighted by Gasteiger charge is 2.78. The summed E-state index contributed by atoms with van der Waals surface area (Å²) in [6.45, 7) is 6.66. The molecule has 5 rings (SSSR count). The van der Waals surface area contributed by atoms with Crippen molar-refractivity contribution in [3.8, 4) is 11.3 Å². The van der Waals surface area contributed by atoms with Gasteiger partial charge in [-0.15, -0.1) is 0 Å². The van der Waals surface area contributed by atoms with Crippen molar-refractivity contribution in [3.05, 3.63) is 29.7 Å². The summed E-state index contributed by atoms with van der Waals surface area (Å²) < 4.78 is 6.07. The first-order chi connectivity index (χ1) is 15.8. The molecule has 0 amide bonds. The second kappa shape index (κ2) is 7.93. The van der Waals surface area contributed by atoms with Crippen LogP contribution in [0.4, 0.5) is 11.8 Å². The summed E-state index contributed by atoms with van der Waals surface area (Å²) in [4.78, 5) is 13.6. The van der Waals surface area contributed by atoms with Crippen molar-refractivity contribution in [2.75, 3.05) is 17.2 Å². The van der Waals surface area contributed by atoms with Crippen molar-refractivity contribution < 1.29 is 19.7 Å². The summed E-state index contributed by atoms with van der Waals surface area (Å²) >= 11 is 0. The number of furan rings is 1. The summed E-state index contributed by atoms with van der Waals surface area (Å²) in [5.74, 6) is 0.981. The third kappa shape index (κ3) is 3.55. The van der Waals surface area contributed by atoms with Gasteiger partial charge in [0.1, 0.15) is 17.2 Å². The van der Waals surface area contributed by atoms with Gasteiger partial charge in [0.25, 0.3) is 0 Å². The van der Waals surface area contributed by atoms with Gasteiger partial charge >= 0.3 is 0 Å². The molecular formula is C24H31N5O4. The molecule has 4 unspecified atom stereocenters. The van der Waals surface area contributed by atoms with Gasteiger partial charge in [-0.1, -0.05) is 19.8 Å². The van der Waals surface area contributed by atoms with Crippen molar-refractivity contribution in [2.24, 2.45) is 5.92 Å². The number of aliphatic hydroxyl groups is 3. The highest BCUT2D eigenvalue weighted by Crippen LogP contribution is 2.61. The van der Waals surface area contributed by atoms with Crippen molar-refractivity contribution in [1.29, 1.82) is 0 Å². The van der Waals surface area contributed by atoms with E-state index in [2.05, 4.69) is 32.5 Å². The van der Waals surface area contributed by atoms with Gasteiger partial charge in [0, 0.05) is 23.5 Å². The summed E-state index contributed by atoms with van der Waals surface area (Å²) in [6.07, 6.45) is 4.77. The molecule has 0 radical (unpaired) electrons. The van der Waals surface area contributed by atoms with E-state index in [-0.39, 0.29) is 5.92 Å². The molecule has 3 aromatic rings. The molecule has 0 bridgehead atoms.